The zero-order valence-corrected chi connectivity index (χ0v) is 17.8. The van der Waals surface area contributed by atoms with Gasteiger partial charge < -0.3 is 18.6 Å². The van der Waals surface area contributed by atoms with Gasteiger partial charge in [0.1, 0.15) is 19.0 Å². The normalized spacial score (nSPS) is 13.5. The maximum atomic E-state index is 11.8. The fourth-order valence-electron chi connectivity index (χ4n) is 3.54. The zero-order chi connectivity index (χ0) is 23.0. The Kier molecular flexibility index (Phi) is 7.31. The average molecular weight is 456 g/mol. The fourth-order valence-corrected chi connectivity index (χ4v) is 3.54. The van der Waals surface area contributed by atoms with Crippen LogP contribution in [0, 0.1) is 0 Å². The van der Waals surface area contributed by atoms with E-state index in [-0.39, 0.29) is 13.2 Å². The van der Waals surface area contributed by atoms with Crippen LogP contribution in [0.2, 0.25) is 0 Å². The Morgan fingerprint density at radius 1 is 0.970 bits per heavy atom. The number of carbonyl (C=O) groups is 2. The Bertz CT molecular complexity index is 1200. The molecule has 9 heteroatoms. The van der Waals surface area contributed by atoms with Gasteiger partial charge in [-0.1, -0.05) is 42.5 Å². The Balaban J connectivity index is 1.66. The highest BCUT2D eigenvalue weighted by Gasteiger charge is 2.19. The minimum atomic E-state index is -1.13. The third-order valence-corrected chi connectivity index (χ3v) is 5.20. The molecule has 0 bridgehead atoms. The predicted molar refractivity (Wildman–Crippen MR) is 115 cm³/mol. The highest BCUT2D eigenvalue weighted by atomic mass is 19.3. The van der Waals surface area contributed by atoms with Gasteiger partial charge in [0.05, 0.1) is 24.3 Å². The van der Waals surface area contributed by atoms with Crippen molar-refractivity contribution in [2.24, 2.45) is 0 Å². The van der Waals surface area contributed by atoms with Gasteiger partial charge in [-0.25, -0.2) is 4.79 Å². The Hall–Kier alpha value is -3.72. The lowest BCUT2D eigenvalue weighted by Crippen LogP contribution is -2.39. The second-order valence-electron chi connectivity index (χ2n) is 7.32. The summed E-state index contributed by atoms with van der Waals surface area (Å²) >= 11 is 0. The molecular formula is C24H23FNO7+. The number of ether oxygens (including phenoxy) is 3. The van der Waals surface area contributed by atoms with Crippen LogP contribution in [0.5, 0.6) is 5.75 Å². The van der Waals surface area contributed by atoms with Crippen molar-refractivity contribution in [2.45, 2.75) is 12.8 Å². The fraction of sp³-hybridized carbons (Fsp3) is 0.292. The predicted octanol–water partition coefficient (Wildman–Crippen LogP) is 2.99. The highest BCUT2D eigenvalue weighted by molar-refractivity contribution is 5.95. The van der Waals surface area contributed by atoms with E-state index < -0.39 is 18.4 Å². The van der Waals surface area contributed by atoms with Gasteiger partial charge in [-0.2, -0.15) is 4.58 Å². The number of carbonyl (C=O) groups excluding carboxylic acids is 2. The van der Waals surface area contributed by atoms with E-state index in [0.717, 1.165) is 11.1 Å². The second kappa shape index (κ2) is 10.7. The van der Waals surface area contributed by atoms with Crippen LogP contribution in [0.25, 0.3) is 22.1 Å². The molecule has 0 radical (unpaired) electrons. The quantitative estimate of drug-likeness (QED) is 0.307. The smallest absolute Gasteiger partial charge is 0.371 e. The van der Waals surface area contributed by atoms with Gasteiger partial charge in [0, 0.05) is 10.1 Å². The lowest BCUT2D eigenvalue weighted by atomic mass is 10.0. The first kappa shape index (κ1) is 22.5. The first-order valence-electron chi connectivity index (χ1n) is 10.5. The van der Waals surface area contributed by atoms with Crippen molar-refractivity contribution in [3.8, 4) is 16.9 Å². The van der Waals surface area contributed by atoms with Crippen molar-refractivity contribution >= 4 is 22.9 Å². The highest BCUT2D eigenvalue weighted by Crippen LogP contribution is 2.32. The van der Waals surface area contributed by atoms with Crippen LogP contribution in [0.4, 0.5) is 4.53 Å². The first-order valence-corrected chi connectivity index (χ1v) is 10.5. The Morgan fingerprint density at radius 3 is 2.48 bits per heavy atom. The van der Waals surface area contributed by atoms with E-state index in [1.807, 2.05) is 48.5 Å². The topological polar surface area (TPSA) is 87.2 Å². The summed E-state index contributed by atoms with van der Waals surface area (Å²) in [4.78, 5) is 25.7. The molecule has 1 aliphatic rings. The molecule has 0 unspecified atom stereocenters. The molecule has 0 saturated carbocycles. The molecule has 2 heterocycles. The van der Waals surface area contributed by atoms with E-state index >= 15 is 0 Å². The number of rotatable bonds is 7. The summed E-state index contributed by atoms with van der Waals surface area (Å²) in [6.45, 7) is 2.13. The standard InChI is InChI=1S/C24H23FNO7/c25-33-23(28)10-9-22(27)31-16-30-20-15-21(26-11-13-29-14-12-26)32-24-18(7-4-8-19(20)24)17-5-2-1-3-6-17/h1-8,15H,9-14,16H2/q+1. The molecule has 0 atom stereocenters. The summed E-state index contributed by atoms with van der Waals surface area (Å²) in [7, 11) is 0. The minimum Gasteiger partial charge on any atom is -0.456 e. The van der Waals surface area contributed by atoms with Gasteiger partial charge in [0.15, 0.2) is 18.7 Å². The molecule has 1 fully saturated rings. The average Bonchev–Trinajstić information content (AvgIpc) is 2.87. The van der Waals surface area contributed by atoms with Gasteiger partial charge in [0.2, 0.25) is 6.79 Å². The number of para-hydroxylation sites is 1. The summed E-state index contributed by atoms with van der Waals surface area (Å²) in [5.41, 5.74) is 3.14. The lowest BCUT2D eigenvalue weighted by molar-refractivity contribution is -0.184. The molecule has 172 valence electrons. The first-order chi connectivity index (χ1) is 16.2. The summed E-state index contributed by atoms with van der Waals surface area (Å²) in [6, 6.07) is 17.3. The van der Waals surface area contributed by atoms with Gasteiger partial charge in [-0.3, -0.25) is 9.74 Å². The molecule has 2 aromatic carbocycles. The Labute approximate surface area is 188 Å². The van der Waals surface area contributed by atoms with E-state index in [9.17, 15) is 14.1 Å². The van der Waals surface area contributed by atoms with E-state index in [1.54, 1.807) is 6.07 Å². The van der Waals surface area contributed by atoms with Crippen molar-refractivity contribution in [1.82, 2.24) is 4.58 Å². The molecule has 4 rings (SSSR count). The molecule has 1 aromatic heterocycles. The third-order valence-electron chi connectivity index (χ3n) is 5.20. The van der Waals surface area contributed by atoms with Crippen LogP contribution in [0.1, 0.15) is 12.8 Å². The van der Waals surface area contributed by atoms with Crippen LogP contribution >= 0.6 is 0 Å². The van der Waals surface area contributed by atoms with E-state index in [1.165, 1.54) is 0 Å². The number of esters is 1. The largest absolute Gasteiger partial charge is 0.456 e. The van der Waals surface area contributed by atoms with Crippen LogP contribution in [-0.2, 0) is 24.0 Å². The number of benzene rings is 2. The van der Waals surface area contributed by atoms with Gasteiger partial charge >= 0.3 is 17.5 Å². The molecule has 0 spiro atoms. The van der Waals surface area contributed by atoms with Crippen molar-refractivity contribution < 1.29 is 37.7 Å². The molecular weight excluding hydrogens is 433 g/mol. The molecule has 3 aromatic rings. The van der Waals surface area contributed by atoms with Crippen LogP contribution in [0.15, 0.2) is 59.0 Å². The zero-order valence-electron chi connectivity index (χ0n) is 17.8. The number of morpholine rings is 1. The SMILES string of the molecule is O=C(CCC(=O)OCOc1cc(=[N+]2CCOCC2)oc2c(-c3ccccc3)cccc12)OF. The van der Waals surface area contributed by atoms with Gasteiger partial charge in [-0.05, 0) is 11.6 Å². The molecule has 8 nitrogen and oxygen atoms in total. The summed E-state index contributed by atoms with van der Waals surface area (Å²) in [6.07, 6.45) is -0.724. The maximum absolute atomic E-state index is 11.8. The van der Waals surface area contributed by atoms with Crippen molar-refractivity contribution in [3.63, 3.8) is 0 Å². The van der Waals surface area contributed by atoms with E-state index in [0.29, 0.717) is 48.6 Å². The van der Waals surface area contributed by atoms with Crippen molar-refractivity contribution in [1.29, 1.82) is 0 Å². The van der Waals surface area contributed by atoms with Crippen LogP contribution < -0.4 is 14.9 Å². The number of hydrogen-bond donors (Lipinski definition) is 0. The van der Waals surface area contributed by atoms with E-state index in [2.05, 4.69) is 9.52 Å². The lowest BCUT2D eigenvalue weighted by Gasteiger charge is -2.13. The summed E-state index contributed by atoms with van der Waals surface area (Å²) in [5, 5.41) is 0.713. The molecule has 0 aliphatic carbocycles. The summed E-state index contributed by atoms with van der Waals surface area (Å²) < 4.78 is 36.4. The number of hydrogen-bond acceptors (Lipinski definition) is 7. The summed E-state index contributed by atoms with van der Waals surface area (Å²) in [5.74, 6) is -1.36. The van der Waals surface area contributed by atoms with Gasteiger partial charge in [-0.15, -0.1) is 0 Å². The van der Waals surface area contributed by atoms with E-state index in [4.69, 9.17) is 18.6 Å². The minimum absolute atomic E-state index is 0.311. The van der Waals surface area contributed by atoms with Crippen LogP contribution in [-0.4, -0.2) is 45.0 Å². The monoisotopic (exact) mass is 456 g/mol. The maximum Gasteiger partial charge on any atom is 0.371 e. The number of nitrogens with zero attached hydrogens (tertiary/aromatic N) is 1. The van der Waals surface area contributed by atoms with Crippen molar-refractivity contribution in [2.75, 3.05) is 33.1 Å². The van der Waals surface area contributed by atoms with Crippen molar-refractivity contribution in [3.05, 3.63) is 60.2 Å². The molecule has 1 aliphatic heterocycles. The Morgan fingerprint density at radius 2 is 1.73 bits per heavy atom. The molecule has 1 saturated heterocycles. The molecule has 33 heavy (non-hydrogen) atoms. The van der Waals surface area contributed by atoms with Gasteiger partial charge in [0.25, 0.3) is 0 Å². The molecule has 0 amide bonds. The van der Waals surface area contributed by atoms with Crippen LogP contribution in [0.3, 0.4) is 0 Å². The molecule has 0 N–H and O–H groups in total. The second-order valence-corrected chi connectivity index (χ2v) is 7.32. The number of fused-ring (bicyclic) bond motifs is 1. The third kappa shape index (κ3) is 5.56. The number of halogens is 1.